The van der Waals surface area contributed by atoms with Crippen molar-refractivity contribution in [2.45, 2.75) is 52.5 Å². The average molecular weight is 263 g/mol. The molecule has 1 aromatic rings. The summed E-state index contributed by atoms with van der Waals surface area (Å²) in [4.78, 5) is 0. The molecular formula is C16H25NO2. The van der Waals surface area contributed by atoms with Gasteiger partial charge in [-0.25, -0.2) is 0 Å². The van der Waals surface area contributed by atoms with Crippen LogP contribution in [0.5, 0.6) is 0 Å². The Labute approximate surface area is 116 Å². The molecule has 3 nitrogen and oxygen atoms in total. The summed E-state index contributed by atoms with van der Waals surface area (Å²) in [7, 11) is 0. The van der Waals surface area contributed by atoms with Gasteiger partial charge in [0.1, 0.15) is 0 Å². The monoisotopic (exact) mass is 263 g/mol. The van der Waals surface area contributed by atoms with Gasteiger partial charge >= 0.3 is 0 Å². The van der Waals surface area contributed by atoms with Crippen molar-refractivity contribution in [3.05, 3.63) is 35.4 Å². The van der Waals surface area contributed by atoms with Gasteiger partial charge in [-0.3, -0.25) is 0 Å². The van der Waals surface area contributed by atoms with E-state index in [-0.39, 0.29) is 11.5 Å². The van der Waals surface area contributed by atoms with E-state index in [9.17, 15) is 5.11 Å². The van der Waals surface area contributed by atoms with Crippen LogP contribution in [-0.2, 0) is 17.9 Å². The third-order valence-corrected chi connectivity index (χ3v) is 4.33. The molecule has 0 aromatic heterocycles. The summed E-state index contributed by atoms with van der Waals surface area (Å²) in [6, 6.07) is 8.77. The highest BCUT2D eigenvalue weighted by atomic mass is 16.5. The van der Waals surface area contributed by atoms with Gasteiger partial charge in [0.05, 0.1) is 12.7 Å². The molecule has 3 heteroatoms. The third kappa shape index (κ3) is 3.16. The highest BCUT2D eigenvalue weighted by molar-refractivity contribution is 5.26. The predicted molar refractivity (Wildman–Crippen MR) is 76.8 cm³/mol. The first-order valence-corrected chi connectivity index (χ1v) is 7.11. The smallest absolute Gasteiger partial charge is 0.0719 e. The number of hydrogen-bond donors (Lipinski definition) is 2. The summed E-state index contributed by atoms with van der Waals surface area (Å²) < 4.78 is 5.50. The molecule has 1 saturated carbocycles. The van der Waals surface area contributed by atoms with Crippen molar-refractivity contribution >= 4 is 0 Å². The van der Waals surface area contributed by atoms with Crippen LogP contribution in [0.25, 0.3) is 0 Å². The van der Waals surface area contributed by atoms with Crippen molar-refractivity contribution in [2.75, 3.05) is 6.61 Å². The van der Waals surface area contributed by atoms with Crippen LogP contribution in [0, 0.1) is 5.41 Å². The van der Waals surface area contributed by atoms with Gasteiger partial charge < -0.3 is 15.2 Å². The lowest BCUT2D eigenvalue weighted by molar-refractivity contribution is -0.0730. The predicted octanol–water partition coefficient (Wildman–Crippen LogP) is 2.47. The summed E-state index contributed by atoms with van der Waals surface area (Å²) in [5.74, 6) is 0. The van der Waals surface area contributed by atoms with E-state index < -0.39 is 0 Å². The van der Waals surface area contributed by atoms with Gasteiger partial charge in [0, 0.05) is 24.6 Å². The van der Waals surface area contributed by atoms with Crippen LogP contribution in [0.4, 0.5) is 0 Å². The molecule has 106 valence electrons. The molecule has 2 atom stereocenters. The maximum Gasteiger partial charge on any atom is 0.0719 e. The molecule has 0 saturated heterocycles. The number of hydrogen-bond acceptors (Lipinski definition) is 3. The van der Waals surface area contributed by atoms with E-state index in [4.69, 9.17) is 4.74 Å². The lowest BCUT2D eigenvalue weighted by Gasteiger charge is -2.49. The lowest BCUT2D eigenvalue weighted by Crippen LogP contribution is -2.59. The van der Waals surface area contributed by atoms with Crippen molar-refractivity contribution in [1.82, 2.24) is 5.32 Å². The number of rotatable bonds is 6. The second-order valence-electron chi connectivity index (χ2n) is 5.91. The minimum atomic E-state index is -0.177. The Kier molecular flexibility index (Phi) is 4.61. The number of nitrogens with one attached hydrogen (secondary N) is 1. The normalized spacial score (nSPS) is 25.1. The Morgan fingerprint density at radius 1 is 1.32 bits per heavy atom. The van der Waals surface area contributed by atoms with Crippen molar-refractivity contribution < 1.29 is 9.84 Å². The molecule has 2 unspecified atom stereocenters. The minimum Gasteiger partial charge on any atom is -0.392 e. The molecule has 2 rings (SSSR count). The van der Waals surface area contributed by atoms with Crippen LogP contribution in [0.1, 0.15) is 38.3 Å². The van der Waals surface area contributed by atoms with E-state index in [1.165, 1.54) is 11.1 Å². The highest BCUT2D eigenvalue weighted by Gasteiger charge is 2.46. The van der Waals surface area contributed by atoms with Crippen molar-refractivity contribution in [3.63, 3.8) is 0 Å². The Bertz CT molecular complexity index is 417. The van der Waals surface area contributed by atoms with Gasteiger partial charge in [0.15, 0.2) is 0 Å². The Balaban J connectivity index is 1.93. The van der Waals surface area contributed by atoms with E-state index in [1.54, 1.807) is 0 Å². The zero-order chi connectivity index (χ0) is 13.9. The van der Waals surface area contributed by atoms with E-state index >= 15 is 0 Å². The van der Waals surface area contributed by atoms with Gasteiger partial charge in [-0.15, -0.1) is 0 Å². The zero-order valence-electron chi connectivity index (χ0n) is 12.1. The molecule has 1 aromatic carbocycles. The van der Waals surface area contributed by atoms with Gasteiger partial charge in [0.2, 0.25) is 0 Å². The lowest BCUT2D eigenvalue weighted by atomic mass is 9.64. The maximum absolute atomic E-state index is 9.75. The number of benzene rings is 1. The summed E-state index contributed by atoms with van der Waals surface area (Å²) >= 11 is 0. The second kappa shape index (κ2) is 6.04. The fourth-order valence-corrected chi connectivity index (χ4v) is 2.56. The van der Waals surface area contributed by atoms with Crippen molar-refractivity contribution in [2.24, 2.45) is 5.41 Å². The van der Waals surface area contributed by atoms with E-state index in [1.807, 2.05) is 6.92 Å². The Morgan fingerprint density at radius 3 is 2.58 bits per heavy atom. The molecule has 0 bridgehead atoms. The van der Waals surface area contributed by atoms with Gasteiger partial charge in [0.25, 0.3) is 0 Å². The molecule has 1 aliphatic rings. The van der Waals surface area contributed by atoms with Gasteiger partial charge in [-0.1, -0.05) is 38.1 Å². The second-order valence-corrected chi connectivity index (χ2v) is 5.91. The van der Waals surface area contributed by atoms with Gasteiger partial charge in [-0.05, 0) is 24.5 Å². The largest absolute Gasteiger partial charge is 0.392 e. The first-order chi connectivity index (χ1) is 9.05. The summed E-state index contributed by atoms with van der Waals surface area (Å²) in [6.45, 7) is 8.49. The molecule has 1 aliphatic carbocycles. The van der Waals surface area contributed by atoms with Crippen LogP contribution in [0.2, 0.25) is 0 Å². The van der Waals surface area contributed by atoms with Crippen molar-refractivity contribution in [1.29, 1.82) is 0 Å². The van der Waals surface area contributed by atoms with E-state index in [2.05, 4.69) is 43.4 Å². The highest BCUT2D eigenvalue weighted by Crippen LogP contribution is 2.40. The fraction of sp³-hybridized carbons (Fsp3) is 0.625. The Morgan fingerprint density at radius 2 is 2.00 bits per heavy atom. The summed E-state index contributed by atoms with van der Waals surface area (Å²) in [6.07, 6.45) is 0.671. The van der Waals surface area contributed by atoms with Crippen LogP contribution in [0.3, 0.4) is 0 Å². The first kappa shape index (κ1) is 14.5. The molecule has 0 aliphatic heterocycles. The molecule has 19 heavy (non-hydrogen) atoms. The summed E-state index contributed by atoms with van der Waals surface area (Å²) in [5, 5.41) is 13.3. The number of aliphatic hydroxyl groups excluding tert-OH is 1. The van der Waals surface area contributed by atoms with Crippen LogP contribution in [-0.4, -0.2) is 23.9 Å². The van der Waals surface area contributed by atoms with Crippen LogP contribution in [0.15, 0.2) is 24.3 Å². The minimum absolute atomic E-state index is 0.0190. The van der Waals surface area contributed by atoms with E-state index in [0.717, 1.165) is 19.6 Å². The topological polar surface area (TPSA) is 41.5 Å². The standard InChI is InChI=1S/C16H25NO2/c1-4-19-11-13-8-6-5-7-12(13)10-17-14-9-15(18)16(14,2)3/h5-8,14-15,17-18H,4,9-11H2,1-3H3. The van der Waals surface area contributed by atoms with Crippen LogP contribution < -0.4 is 5.32 Å². The fourth-order valence-electron chi connectivity index (χ4n) is 2.56. The summed E-state index contributed by atoms with van der Waals surface area (Å²) in [5.41, 5.74) is 2.51. The molecule has 1 fully saturated rings. The third-order valence-electron chi connectivity index (χ3n) is 4.33. The molecule has 2 N–H and O–H groups in total. The molecular weight excluding hydrogens is 238 g/mol. The van der Waals surface area contributed by atoms with Gasteiger partial charge in [-0.2, -0.15) is 0 Å². The maximum atomic E-state index is 9.75. The average Bonchev–Trinajstić information content (AvgIpc) is 2.42. The first-order valence-electron chi connectivity index (χ1n) is 7.11. The molecule has 0 radical (unpaired) electrons. The van der Waals surface area contributed by atoms with E-state index in [0.29, 0.717) is 12.6 Å². The van der Waals surface area contributed by atoms with Crippen molar-refractivity contribution in [3.8, 4) is 0 Å². The SMILES string of the molecule is CCOCc1ccccc1CNC1CC(O)C1(C)C. The number of aliphatic hydroxyl groups is 1. The Hall–Kier alpha value is -0.900. The molecule has 0 spiro atoms. The van der Waals surface area contributed by atoms with Crippen LogP contribution >= 0.6 is 0 Å². The number of ether oxygens (including phenoxy) is 1. The quantitative estimate of drug-likeness (QED) is 0.828. The molecule has 0 amide bonds. The molecule has 0 heterocycles. The zero-order valence-corrected chi connectivity index (χ0v) is 12.1.